The first-order valence-corrected chi connectivity index (χ1v) is 10.6. The average molecular weight is 443 g/mol. The number of esters is 2. The van der Waals surface area contributed by atoms with Gasteiger partial charge in [0.1, 0.15) is 6.04 Å². The highest BCUT2D eigenvalue weighted by Crippen LogP contribution is 2.37. The van der Waals surface area contributed by atoms with E-state index < -0.39 is 12.0 Å². The molecule has 8 heteroatoms. The van der Waals surface area contributed by atoms with Crippen LogP contribution in [0.4, 0.5) is 0 Å². The average Bonchev–Trinajstić information content (AvgIpc) is 3.17. The maximum atomic E-state index is 12.5. The van der Waals surface area contributed by atoms with Crippen LogP contribution in [0.3, 0.4) is 0 Å². The number of carbonyl (C=O) groups is 2. The van der Waals surface area contributed by atoms with Crippen LogP contribution in [0.15, 0.2) is 54.9 Å². The van der Waals surface area contributed by atoms with E-state index in [2.05, 4.69) is 9.88 Å². The lowest BCUT2D eigenvalue weighted by Gasteiger charge is -2.33. The van der Waals surface area contributed by atoms with Crippen LogP contribution in [-0.2, 0) is 22.5 Å². The van der Waals surface area contributed by atoms with E-state index in [1.807, 2.05) is 18.2 Å². The number of carbonyl (C=O) groups excluding carboxylic acids is 2. The van der Waals surface area contributed by atoms with Crippen LogP contribution in [0, 0.1) is 0 Å². The molecule has 2 aromatic heterocycles. The first-order chi connectivity index (χ1) is 14.5. The maximum absolute atomic E-state index is 12.5. The molecule has 6 nitrogen and oxygen atoms in total. The van der Waals surface area contributed by atoms with E-state index in [1.54, 1.807) is 30.5 Å². The first kappa shape index (κ1) is 20.5. The number of benzene rings is 1. The fourth-order valence-electron chi connectivity index (χ4n) is 3.48. The van der Waals surface area contributed by atoms with Crippen molar-refractivity contribution in [1.29, 1.82) is 0 Å². The van der Waals surface area contributed by atoms with Crippen LogP contribution < -0.4 is 4.74 Å². The molecule has 0 spiro atoms. The number of hydrogen-bond acceptors (Lipinski definition) is 7. The van der Waals surface area contributed by atoms with Crippen molar-refractivity contribution in [2.45, 2.75) is 19.0 Å². The zero-order valence-electron chi connectivity index (χ0n) is 16.2. The molecule has 154 valence electrons. The maximum Gasteiger partial charge on any atom is 0.345 e. The molecule has 0 amide bonds. The molecule has 1 aliphatic rings. The fraction of sp³-hybridized carbons (Fsp3) is 0.227. The minimum Gasteiger partial charge on any atom is -0.468 e. The molecular weight excluding hydrogens is 424 g/mol. The minimum absolute atomic E-state index is 0.320. The van der Waals surface area contributed by atoms with Gasteiger partial charge in [-0.2, -0.15) is 0 Å². The monoisotopic (exact) mass is 442 g/mol. The second-order valence-electron chi connectivity index (χ2n) is 6.84. The summed E-state index contributed by atoms with van der Waals surface area (Å²) in [6.07, 6.45) is 3.84. The predicted molar refractivity (Wildman–Crippen MR) is 114 cm³/mol. The molecule has 0 fully saturated rings. The van der Waals surface area contributed by atoms with Gasteiger partial charge in [-0.1, -0.05) is 23.7 Å². The van der Waals surface area contributed by atoms with Gasteiger partial charge in [0.2, 0.25) is 0 Å². The Kier molecular flexibility index (Phi) is 6.13. The van der Waals surface area contributed by atoms with E-state index in [1.165, 1.54) is 24.6 Å². The highest BCUT2D eigenvalue weighted by Gasteiger charge is 2.32. The van der Waals surface area contributed by atoms with Gasteiger partial charge in [0.05, 0.1) is 12.7 Å². The summed E-state index contributed by atoms with van der Waals surface area (Å²) >= 11 is 7.46. The van der Waals surface area contributed by atoms with Gasteiger partial charge in [-0.25, -0.2) is 9.59 Å². The van der Waals surface area contributed by atoms with Gasteiger partial charge in [-0.15, -0.1) is 11.3 Å². The molecule has 0 saturated carbocycles. The molecule has 0 saturated heterocycles. The number of pyridine rings is 1. The Balaban J connectivity index is 1.53. The Morgan fingerprint density at radius 1 is 1.23 bits per heavy atom. The van der Waals surface area contributed by atoms with E-state index in [4.69, 9.17) is 21.1 Å². The van der Waals surface area contributed by atoms with E-state index in [-0.39, 0.29) is 5.97 Å². The number of nitrogens with zero attached hydrogens (tertiary/aromatic N) is 2. The summed E-state index contributed by atoms with van der Waals surface area (Å²) < 4.78 is 10.6. The number of methoxy groups -OCH3 is 1. The van der Waals surface area contributed by atoms with Crippen LogP contribution in [0.2, 0.25) is 5.02 Å². The molecule has 0 N–H and O–H groups in total. The van der Waals surface area contributed by atoms with Crippen molar-refractivity contribution in [2.24, 2.45) is 0 Å². The molecule has 3 heterocycles. The second-order valence-corrected chi connectivity index (χ2v) is 8.38. The quantitative estimate of drug-likeness (QED) is 0.549. The zero-order chi connectivity index (χ0) is 21.1. The fourth-order valence-corrected chi connectivity index (χ4v) is 4.62. The van der Waals surface area contributed by atoms with Gasteiger partial charge in [-0.3, -0.25) is 9.88 Å². The molecule has 1 aliphatic heterocycles. The highest BCUT2D eigenvalue weighted by atomic mass is 35.5. The molecule has 4 rings (SSSR count). The Hall–Kier alpha value is -2.74. The van der Waals surface area contributed by atoms with E-state index in [9.17, 15) is 9.59 Å². The third kappa shape index (κ3) is 4.38. The third-order valence-corrected chi connectivity index (χ3v) is 6.31. The number of aromatic nitrogens is 1. The van der Waals surface area contributed by atoms with Crippen LogP contribution >= 0.6 is 22.9 Å². The Bertz CT molecular complexity index is 1050. The summed E-state index contributed by atoms with van der Waals surface area (Å²) in [5, 5.41) is 1.15. The molecule has 30 heavy (non-hydrogen) atoms. The summed E-state index contributed by atoms with van der Waals surface area (Å²) in [7, 11) is 1.39. The number of halogens is 1. The standard InChI is InChI=1S/C22H19ClN2O4S/c1-28-22(27)20(14-4-6-17(23)7-5-14)25-10-8-18-16(13-25)11-19(30-18)29-21(26)15-3-2-9-24-12-15/h2-7,9,11-12,20H,8,10,13H2,1H3/t20-/m0/s1. The van der Waals surface area contributed by atoms with Crippen molar-refractivity contribution in [3.05, 3.63) is 81.4 Å². The lowest BCUT2D eigenvalue weighted by Crippen LogP contribution is -2.38. The van der Waals surface area contributed by atoms with Gasteiger partial charge in [-0.05, 0) is 47.9 Å². The van der Waals surface area contributed by atoms with Crippen molar-refractivity contribution in [3.8, 4) is 5.06 Å². The van der Waals surface area contributed by atoms with E-state index >= 15 is 0 Å². The molecule has 0 aliphatic carbocycles. The molecule has 1 aromatic carbocycles. The van der Waals surface area contributed by atoms with Crippen molar-refractivity contribution < 1.29 is 19.1 Å². The lowest BCUT2D eigenvalue weighted by molar-refractivity contribution is -0.147. The van der Waals surface area contributed by atoms with Crippen molar-refractivity contribution >= 4 is 34.9 Å². The summed E-state index contributed by atoms with van der Waals surface area (Å²) in [6, 6.07) is 11.9. The number of rotatable bonds is 5. The number of thiophene rings is 1. The van der Waals surface area contributed by atoms with Gasteiger partial charge in [0, 0.05) is 35.4 Å². The largest absolute Gasteiger partial charge is 0.468 e. The Morgan fingerprint density at radius 2 is 2.03 bits per heavy atom. The molecule has 0 unspecified atom stereocenters. The smallest absolute Gasteiger partial charge is 0.345 e. The van der Waals surface area contributed by atoms with Crippen molar-refractivity contribution in [2.75, 3.05) is 13.7 Å². The number of hydrogen-bond donors (Lipinski definition) is 0. The number of ether oxygens (including phenoxy) is 2. The summed E-state index contributed by atoms with van der Waals surface area (Å²) in [5.41, 5.74) is 2.27. The summed E-state index contributed by atoms with van der Waals surface area (Å²) in [4.78, 5) is 32.0. The van der Waals surface area contributed by atoms with Crippen LogP contribution in [0.5, 0.6) is 5.06 Å². The lowest BCUT2D eigenvalue weighted by atomic mass is 10.0. The van der Waals surface area contributed by atoms with Crippen molar-refractivity contribution in [1.82, 2.24) is 9.88 Å². The van der Waals surface area contributed by atoms with Gasteiger partial charge < -0.3 is 9.47 Å². The van der Waals surface area contributed by atoms with Gasteiger partial charge >= 0.3 is 11.9 Å². The van der Waals surface area contributed by atoms with Gasteiger partial charge in [0.15, 0.2) is 5.06 Å². The molecule has 0 bridgehead atoms. The van der Waals surface area contributed by atoms with Gasteiger partial charge in [0.25, 0.3) is 0 Å². The Labute approximate surface area is 183 Å². The molecule has 1 atom stereocenters. The minimum atomic E-state index is -0.526. The molecule has 3 aromatic rings. The van der Waals surface area contributed by atoms with E-state index in [0.717, 1.165) is 22.4 Å². The summed E-state index contributed by atoms with van der Waals surface area (Å²) in [5.74, 6) is -0.758. The van der Waals surface area contributed by atoms with E-state index in [0.29, 0.717) is 28.7 Å². The summed E-state index contributed by atoms with van der Waals surface area (Å²) in [6.45, 7) is 1.24. The Morgan fingerprint density at radius 3 is 2.73 bits per heavy atom. The third-order valence-electron chi connectivity index (χ3n) is 4.94. The first-order valence-electron chi connectivity index (χ1n) is 9.36. The van der Waals surface area contributed by atoms with Crippen molar-refractivity contribution in [3.63, 3.8) is 0 Å². The topological polar surface area (TPSA) is 68.7 Å². The predicted octanol–water partition coefficient (Wildman–Crippen LogP) is 4.29. The highest BCUT2D eigenvalue weighted by molar-refractivity contribution is 7.14. The SMILES string of the molecule is COC(=O)[C@H](c1ccc(Cl)cc1)N1CCc2sc(OC(=O)c3cccnc3)cc2C1. The molecular formula is C22H19ClN2O4S. The normalized spacial score (nSPS) is 14.6. The number of fused-ring (bicyclic) bond motifs is 1. The van der Waals surface area contributed by atoms with Crippen LogP contribution in [0.1, 0.15) is 32.4 Å². The molecule has 0 radical (unpaired) electrons. The van der Waals surface area contributed by atoms with Crippen LogP contribution in [0.25, 0.3) is 0 Å². The second kappa shape index (κ2) is 8.95. The zero-order valence-corrected chi connectivity index (χ0v) is 17.8. The van der Waals surface area contributed by atoms with Crippen LogP contribution in [-0.4, -0.2) is 35.5 Å².